The molecule has 3 nitrogen and oxygen atoms in total. The molecule has 0 saturated heterocycles. The molecule has 0 bridgehead atoms. The molecule has 96 valence electrons. The minimum absolute atomic E-state index is 0.222. The molecule has 1 fully saturated rings. The molecule has 3 heteroatoms. The van der Waals surface area contributed by atoms with E-state index in [0.29, 0.717) is 12.2 Å². The summed E-state index contributed by atoms with van der Waals surface area (Å²) < 4.78 is 10.5. The second-order valence-corrected chi connectivity index (χ2v) is 5.18. The van der Waals surface area contributed by atoms with E-state index in [4.69, 9.17) is 9.47 Å². The molecular weight excluding hydrogens is 228 g/mol. The van der Waals surface area contributed by atoms with Crippen molar-refractivity contribution in [3.63, 3.8) is 0 Å². The Balaban J connectivity index is 1.61. The van der Waals surface area contributed by atoms with Gasteiger partial charge in [-0.3, -0.25) is 4.79 Å². The molecule has 0 unspecified atom stereocenters. The lowest BCUT2D eigenvalue weighted by atomic mass is 9.97. The number of Topliss-reactive ketones (excluding diaryl/α,β-unsaturated/α-hetero) is 1. The molecule has 0 aromatic heterocycles. The highest BCUT2D eigenvalue weighted by atomic mass is 16.7. The molecule has 1 aromatic rings. The molecule has 0 spiro atoms. The molecule has 1 heterocycles. The second kappa shape index (κ2) is 5.01. The van der Waals surface area contributed by atoms with Gasteiger partial charge in [0.2, 0.25) is 6.79 Å². The topological polar surface area (TPSA) is 35.5 Å². The van der Waals surface area contributed by atoms with Crippen LogP contribution in [0.25, 0.3) is 0 Å². The van der Waals surface area contributed by atoms with Crippen LogP contribution in [0.2, 0.25) is 0 Å². The van der Waals surface area contributed by atoms with Crippen LogP contribution in [0.3, 0.4) is 0 Å². The monoisotopic (exact) mass is 246 g/mol. The Morgan fingerprint density at radius 1 is 1.17 bits per heavy atom. The molecule has 2 aliphatic rings. The van der Waals surface area contributed by atoms with E-state index in [1.165, 1.54) is 25.7 Å². The highest BCUT2D eigenvalue weighted by molar-refractivity contribution is 5.96. The number of ketones is 1. The van der Waals surface area contributed by atoms with E-state index in [-0.39, 0.29) is 12.6 Å². The fourth-order valence-corrected chi connectivity index (χ4v) is 2.85. The maximum absolute atomic E-state index is 12.1. The molecule has 3 rings (SSSR count). The largest absolute Gasteiger partial charge is 0.454 e. The van der Waals surface area contributed by atoms with Crippen molar-refractivity contribution >= 4 is 5.78 Å². The Labute approximate surface area is 107 Å². The van der Waals surface area contributed by atoms with Gasteiger partial charge in [-0.15, -0.1) is 0 Å². The van der Waals surface area contributed by atoms with Gasteiger partial charge in [-0.25, -0.2) is 0 Å². The SMILES string of the molecule is O=C(CCC1CCCC1)c1ccc2c(c1)OCO2. The molecule has 1 aliphatic carbocycles. The first-order chi connectivity index (χ1) is 8.83. The maximum Gasteiger partial charge on any atom is 0.231 e. The average Bonchev–Trinajstić information content (AvgIpc) is 3.05. The Morgan fingerprint density at radius 2 is 1.94 bits per heavy atom. The number of fused-ring (bicyclic) bond motifs is 1. The van der Waals surface area contributed by atoms with E-state index in [1.807, 2.05) is 12.1 Å². The zero-order valence-corrected chi connectivity index (χ0v) is 10.5. The van der Waals surface area contributed by atoms with Crippen LogP contribution in [0.1, 0.15) is 48.9 Å². The zero-order valence-electron chi connectivity index (χ0n) is 10.5. The maximum atomic E-state index is 12.1. The Morgan fingerprint density at radius 3 is 2.78 bits per heavy atom. The summed E-state index contributed by atoms with van der Waals surface area (Å²) in [4.78, 5) is 12.1. The number of ether oxygens (including phenoxy) is 2. The predicted molar refractivity (Wildman–Crippen MR) is 68.1 cm³/mol. The minimum Gasteiger partial charge on any atom is -0.454 e. The van der Waals surface area contributed by atoms with Crippen molar-refractivity contribution in [3.05, 3.63) is 23.8 Å². The van der Waals surface area contributed by atoms with E-state index in [0.717, 1.165) is 23.7 Å². The molecule has 0 N–H and O–H groups in total. The van der Waals surface area contributed by atoms with E-state index in [9.17, 15) is 4.79 Å². The third-order valence-electron chi connectivity index (χ3n) is 3.95. The van der Waals surface area contributed by atoms with Crippen molar-refractivity contribution in [2.45, 2.75) is 38.5 Å². The van der Waals surface area contributed by atoms with Crippen LogP contribution in [-0.2, 0) is 0 Å². The van der Waals surface area contributed by atoms with Crippen LogP contribution in [0.15, 0.2) is 18.2 Å². The van der Waals surface area contributed by atoms with Gasteiger partial charge in [-0.05, 0) is 30.5 Å². The van der Waals surface area contributed by atoms with Crippen molar-refractivity contribution in [1.82, 2.24) is 0 Å². The molecule has 0 atom stereocenters. The smallest absolute Gasteiger partial charge is 0.231 e. The lowest BCUT2D eigenvalue weighted by molar-refractivity contribution is 0.0973. The standard InChI is InChI=1S/C15H18O3/c16-13(7-5-11-3-1-2-4-11)12-6-8-14-15(9-12)18-10-17-14/h6,8-9,11H,1-5,7,10H2. The van der Waals surface area contributed by atoms with Gasteiger partial charge in [0.05, 0.1) is 0 Å². The Bertz CT molecular complexity index is 447. The van der Waals surface area contributed by atoms with Crippen LogP contribution >= 0.6 is 0 Å². The van der Waals surface area contributed by atoms with Gasteiger partial charge in [-0.1, -0.05) is 25.7 Å². The first-order valence-corrected chi connectivity index (χ1v) is 6.76. The van der Waals surface area contributed by atoms with Crippen LogP contribution in [-0.4, -0.2) is 12.6 Å². The van der Waals surface area contributed by atoms with Gasteiger partial charge in [0, 0.05) is 12.0 Å². The van der Waals surface area contributed by atoms with E-state index >= 15 is 0 Å². The summed E-state index contributed by atoms with van der Waals surface area (Å²) in [5, 5.41) is 0. The summed E-state index contributed by atoms with van der Waals surface area (Å²) in [6, 6.07) is 5.47. The summed E-state index contributed by atoms with van der Waals surface area (Å²) in [5.74, 6) is 2.42. The number of carbonyl (C=O) groups excluding carboxylic acids is 1. The van der Waals surface area contributed by atoms with Gasteiger partial charge < -0.3 is 9.47 Å². The van der Waals surface area contributed by atoms with E-state index in [2.05, 4.69) is 0 Å². The number of hydrogen-bond donors (Lipinski definition) is 0. The lowest BCUT2D eigenvalue weighted by Crippen LogP contribution is -2.03. The van der Waals surface area contributed by atoms with Crippen LogP contribution in [0.5, 0.6) is 11.5 Å². The molecule has 1 saturated carbocycles. The predicted octanol–water partition coefficient (Wildman–Crippen LogP) is 3.57. The van der Waals surface area contributed by atoms with Gasteiger partial charge >= 0.3 is 0 Å². The third-order valence-corrected chi connectivity index (χ3v) is 3.95. The summed E-state index contributed by atoms with van der Waals surface area (Å²) >= 11 is 0. The quantitative estimate of drug-likeness (QED) is 0.762. The Hall–Kier alpha value is -1.51. The summed E-state index contributed by atoms with van der Waals surface area (Å²) in [7, 11) is 0. The number of benzene rings is 1. The van der Waals surface area contributed by atoms with Gasteiger partial charge in [0.15, 0.2) is 17.3 Å². The summed E-state index contributed by atoms with van der Waals surface area (Å²) in [5.41, 5.74) is 0.747. The van der Waals surface area contributed by atoms with Crippen molar-refractivity contribution in [2.24, 2.45) is 5.92 Å². The first-order valence-electron chi connectivity index (χ1n) is 6.76. The lowest BCUT2D eigenvalue weighted by Gasteiger charge is -2.08. The number of hydrogen-bond acceptors (Lipinski definition) is 3. The number of rotatable bonds is 4. The van der Waals surface area contributed by atoms with Crippen molar-refractivity contribution in [2.75, 3.05) is 6.79 Å². The van der Waals surface area contributed by atoms with Crippen LogP contribution < -0.4 is 9.47 Å². The zero-order chi connectivity index (χ0) is 12.4. The molecule has 0 amide bonds. The van der Waals surface area contributed by atoms with Crippen molar-refractivity contribution in [3.8, 4) is 11.5 Å². The first kappa shape index (κ1) is 11.6. The molecule has 1 aromatic carbocycles. The Kier molecular flexibility index (Phi) is 3.22. The van der Waals surface area contributed by atoms with Crippen molar-refractivity contribution < 1.29 is 14.3 Å². The fraction of sp³-hybridized carbons (Fsp3) is 0.533. The van der Waals surface area contributed by atoms with E-state index in [1.54, 1.807) is 6.07 Å². The summed E-state index contributed by atoms with van der Waals surface area (Å²) in [6.07, 6.45) is 6.96. The molecule has 18 heavy (non-hydrogen) atoms. The van der Waals surface area contributed by atoms with Gasteiger partial charge in [-0.2, -0.15) is 0 Å². The highest BCUT2D eigenvalue weighted by Crippen LogP contribution is 2.33. The second-order valence-electron chi connectivity index (χ2n) is 5.18. The average molecular weight is 246 g/mol. The number of carbonyl (C=O) groups is 1. The summed E-state index contributed by atoms with van der Waals surface area (Å²) in [6.45, 7) is 0.259. The highest BCUT2D eigenvalue weighted by Gasteiger charge is 2.19. The molecule has 1 aliphatic heterocycles. The molecule has 0 radical (unpaired) electrons. The van der Waals surface area contributed by atoms with Crippen LogP contribution in [0, 0.1) is 5.92 Å². The minimum atomic E-state index is 0.222. The third kappa shape index (κ3) is 2.35. The van der Waals surface area contributed by atoms with Gasteiger partial charge in [0.1, 0.15) is 0 Å². The fourth-order valence-electron chi connectivity index (χ4n) is 2.85. The molecular formula is C15H18O3. The van der Waals surface area contributed by atoms with E-state index < -0.39 is 0 Å². The normalized spacial score (nSPS) is 18.2. The van der Waals surface area contributed by atoms with Gasteiger partial charge in [0.25, 0.3) is 0 Å². The van der Waals surface area contributed by atoms with Crippen LogP contribution in [0.4, 0.5) is 0 Å². The van der Waals surface area contributed by atoms with Crippen molar-refractivity contribution in [1.29, 1.82) is 0 Å².